The van der Waals surface area contributed by atoms with Gasteiger partial charge >= 0.3 is 0 Å². The number of hydrogen-bond acceptors (Lipinski definition) is 3. The highest BCUT2D eigenvalue weighted by Gasteiger charge is 2.14. The van der Waals surface area contributed by atoms with Gasteiger partial charge in [0.15, 0.2) is 0 Å². The third-order valence-corrected chi connectivity index (χ3v) is 3.33. The van der Waals surface area contributed by atoms with Gasteiger partial charge < -0.3 is 0 Å². The second-order valence-corrected chi connectivity index (χ2v) is 4.29. The number of nitrogens with one attached hydrogen (secondary N) is 1. The maximum Gasteiger partial charge on any atom is 0.0479 e. The summed E-state index contributed by atoms with van der Waals surface area (Å²) >= 11 is 4.04. The quantitative estimate of drug-likeness (QED) is 0.466. The molecule has 78 valence electrons. The van der Waals surface area contributed by atoms with Crippen LogP contribution in [-0.2, 0) is 0 Å². The van der Waals surface area contributed by atoms with Crippen molar-refractivity contribution < 1.29 is 0 Å². The monoisotopic (exact) mass is 228 g/mol. The Morgan fingerprint density at radius 1 is 1.50 bits per heavy atom. The van der Waals surface area contributed by atoms with E-state index in [1.54, 1.807) is 0 Å². The molecule has 0 aliphatic heterocycles. The standard InChI is InChI=1S/C10H17N2PS/c1-7-5-4-6-9(13)10(7)8(2)12(3)11-14/h4-6,8,11,14H,13H2,1-3H3. The van der Waals surface area contributed by atoms with Crippen molar-refractivity contribution in [2.24, 2.45) is 0 Å². The van der Waals surface area contributed by atoms with Crippen molar-refractivity contribution in [3.8, 4) is 0 Å². The van der Waals surface area contributed by atoms with Crippen LogP contribution in [0.2, 0.25) is 0 Å². The first-order valence-corrected chi connectivity index (χ1v) is 5.58. The second-order valence-electron chi connectivity index (χ2n) is 3.46. The second kappa shape index (κ2) is 5.13. The molecule has 2 atom stereocenters. The Hall–Kier alpha value is -0.0800. The van der Waals surface area contributed by atoms with Gasteiger partial charge in [-0.3, -0.25) is 0 Å². The summed E-state index contributed by atoms with van der Waals surface area (Å²) in [6.07, 6.45) is 0. The van der Waals surface area contributed by atoms with E-state index < -0.39 is 0 Å². The molecule has 0 radical (unpaired) electrons. The molecular formula is C10H17N2PS. The van der Waals surface area contributed by atoms with E-state index in [1.165, 1.54) is 16.4 Å². The number of benzene rings is 1. The molecule has 0 aliphatic carbocycles. The molecule has 1 aromatic rings. The lowest BCUT2D eigenvalue weighted by Crippen LogP contribution is -2.32. The fourth-order valence-electron chi connectivity index (χ4n) is 1.55. The molecule has 0 saturated heterocycles. The van der Waals surface area contributed by atoms with Gasteiger partial charge in [-0.2, -0.15) is 0 Å². The highest BCUT2D eigenvalue weighted by Crippen LogP contribution is 2.20. The van der Waals surface area contributed by atoms with Gasteiger partial charge in [0.1, 0.15) is 0 Å². The third-order valence-electron chi connectivity index (χ3n) is 2.51. The number of thiol groups is 1. The molecule has 1 N–H and O–H groups in total. The number of nitrogens with zero attached hydrogens (tertiary/aromatic N) is 1. The van der Waals surface area contributed by atoms with Crippen molar-refractivity contribution >= 4 is 27.4 Å². The van der Waals surface area contributed by atoms with Crippen LogP contribution in [0.5, 0.6) is 0 Å². The number of hydrazine groups is 1. The summed E-state index contributed by atoms with van der Waals surface area (Å²) in [4.78, 5) is 2.84. The topological polar surface area (TPSA) is 15.3 Å². The molecule has 2 nitrogen and oxygen atoms in total. The minimum atomic E-state index is 0.307. The Morgan fingerprint density at radius 2 is 2.14 bits per heavy atom. The van der Waals surface area contributed by atoms with Crippen molar-refractivity contribution in [1.29, 1.82) is 0 Å². The lowest BCUT2D eigenvalue weighted by Gasteiger charge is -2.25. The summed E-state index contributed by atoms with van der Waals surface area (Å²) in [5, 5.41) is 3.21. The van der Waals surface area contributed by atoms with E-state index in [9.17, 15) is 0 Å². The van der Waals surface area contributed by atoms with Crippen molar-refractivity contribution in [3.63, 3.8) is 0 Å². The van der Waals surface area contributed by atoms with Crippen LogP contribution in [0.3, 0.4) is 0 Å². The summed E-state index contributed by atoms with van der Waals surface area (Å²) < 4.78 is 0. The van der Waals surface area contributed by atoms with Crippen LogP contribution in [-0.4, -0.2) is 12.1 Å². The highest BCUT2D eigenvalue weighted by molar-refractivity contribution is 7.78. The molecule has 0 aromatic heterocycles. The van der Waals surface area contributed by atoms with E-state index in [0.29, 0.717) is 6.04 Å². The minimum Gasteiger partial charge on any atom is -0.231 e. The van der Waals surface area contributed by atoms with Crippen LogP contribution < -0.4 is 10.1 Å². The van der Waals surface area contributed by atoms with Crippen molar-refractivity contribution in [3.05, 3.63) is 29.3 Å². The van der Waals surface area contributed by atoms with E-state index in [4.69, 9.17) is 0 Å². The number of rotatable bonds is 3. The summed E-state index contributed by atoms with van der Waals surface area (Å²) in [6.45, 7) is 4.28. The van der Waals surface area contributed by atoms with Gasteiger partial charge in [-0.25, -0.2) is 9.84 Å². The van der Waals surface area contributed by atoms with Gasteiger partial charge in [0.25, 0.3) is 0 Å². The molecule has 1 rings (SSSR count). The van der Waals surface area contributed by atoms with Crippen molar-refractivity contribution in [1.82, 2.24) is 9.84 Å². The van der Waals surface area contributed by atoms with Crippen LogP contribution in [0, 0.1) is 6.92 Å². The van der Waals surface area contributed by atoms with E-state index >= 15 is 0 Å². The van der Waals surface area contributed by atoms with E-state index in [1.807, 2.05) is 12.1 Å². The lowest BCUT2D eigenvalue weighted by atomic mass is 10.0. The Balaban J connectivity index is 3.05. The van der Waals surface area contributed by atoms with Crippen LogP contribution in [0.1, 0.15) is 24.1 Å². The van der Waals surface area contributed by atoms with Gasteiger partial charge in [0.05, 0.1) is 0 Å². The van der Waals surface area contributed by atoms with Gasteiger partial charge in [0.2, 0.25) is 0 Å². The number of hydrogen-bond donors (Lipinski definition) is 2. The predicted molar refractivity (Wildman–Crippen MR) is 68.8 cm³/mol. The molecule has 2 unspecified atom stereocenters. The van der Waals surface area contributed by atoms with E-state index in [-0.39, 0.29) is 0 Å². The molecule has 14 heavy (non-hydrogen) atoms. The number of aryl methyl sites for hydroxylation is 1. The Bertz CT molecular complexity index is 297. The average molecular weight is 228 g/mol. The van der Waals surface area contributed by atoms with Gasteiger partial charge in [-0.15, -0.1) is 9.24 Å². The molecule has 1 aromatic carbocycles. The zero-order chi connectivity index (χ0) is 10.7. The van der Waals surface area contributed by atoms with E-state index in [2.05, 4.69) is 58.9 Å². The van der Waals surface area contributed by atoms with Gasteiger partial charge in [0, 0.05) is 13.1 Å². The molecule has 0 fully saturated rings. The van der Waals surface area contributed by atoms with E-state index in [0.717, 1.165) is 0 Å². The van der Waals surface area contributed by atoms with Crippen molar-refractivity contribution in [2.45, 2.75) is 19.9 Å². The molecule has 0 aliphatic rings. The van der Waals surface area contributed by atoms with Gasteiger partial charge in [-0.1, -0.05) is 31.0 Å². The maximum absolute atomic E-state index is 4.04. The van der Waals surface area contributed by atoms with Crippen LogP contribution >= 0.6 is 22.1 Å². The van der Waals surface area contributed by atoms with Gasteiger partial charge in [-0.05, 0) is 30.3 Å². The molecule has 4 heteroatoms. The Morgan fingerprint density at radius 3 is 2.64 bits per heavy atom. The van der Waals surface area contributed by atoms with Crippen LogP contribution in [0.15, 0.2) is 18.2 Å². The zero-order valence-electron chi connectivity index (χ0n) is 8.78. The minimum absolute atomic E-state index is 0.307. The molecule has 0 bridgehead atoms. The molecule has 0 spiro atoms. The Kier molecular flexibility index (Phi) is 4.39. The smallest absolute Gasteiger partial charge is 0.0479 e. The fraction of sp³-hybridized carbons (Fsp3) is 0.400. The summed E-state index contributed by atoms with van der Waals surface area (Å²) in [6, 6.07) is 6.62. The zero-order valence-corrected chi connectivity index (χ0v) is 10.8. The summed E-state index contributed by atoms with van der Waals surface area (Å²) in [5.41, 5.74) is 2.64. The first kappa shape index (κ1) is 12.0. The largest absolute Gasteiger partial charge is 0.231 e. The van der Waals surface area contributed by atoms with Crippen LogP contribution in [0.25, 0.3) is 0 Å². The van der Waals surface area contributed by atoms with Crippen molar-refractivity contribution in [2.75, 3.05) is 7.05 Å². The first-order valence-electron chi connectivity index (χ1n) is 4.55. The first-order chi connectivity index (χ1) is 6.57. The molecular weight excluding hydrogens is 211 g/mol. The SMILES string of the molecule is Cc1cccc(P)c1C(C)N(C)NS. The third kappa shape index (κ3) is 2.48. The predicted octanol–water partition coefficient (Wildman–Crippen LogP) is 1.84. The average Bonchev–Trinajstić information content (AvgIpc) is 2.16. The lowest BCUT2D eigenvalue weighted by molar-refractivity contribution is 0.240. The molecule has 0 saturated carbocycles. The Labute approximate surface area is 93.8 Å². The highest BCUT2D eigenvalue weighted by atomic mass is 32.1. The van der Waals surface area contributed by atoms with Crippen LogP contribution in [0.4, 0.5) is 0 Å². The maximum atomic E-state index is 4.04. The normalized spacial score (nSPS) is 13.3. The molecule has 0 amide bonds. The molecule has 0 heterocycles. The summed E-state index contributed by atoms with van der Waals surface area (Å²) in [5.74, 6) is 0. The fourth-order valence-corrected chi connectivity index (χ4v) is 2.31. The summed E-state index contributed by atoms with van der Waals surface area (Å²) in [7, 11) is 4.76.